The Bertz CT molecular complexity index is 349. The first-order valence-electron chi connectivity index (χ1n) is 6.85. The van der Waals surface area contributed by atoms with Gasteiger partial charge in [-0.05, 0) is 55.8 Å². The molecule has 2 rings (SSSR count). The summed E-state index contributed by atoms with van der Waals surface area (Å²) in [7, 11) is 0. The Hall–Kier alpha value is -0.860. The van der Waals surface area contributed by atoms with Gasteiger partial charge < -0.3 is 11.1 Å². The molecule has 2 unspecified atom stereocenters. The van der Waals surface area contributed by atoms with E-state index in [-0.39, 0.29) is 0 Å². The van der Waals surface area contributed by atoms with Crippen molar-refractivity contribution < 1.29 is 0 Å². The van der Waals surface area contributed by atoms with Gasteiger partial charge in [0, 0.05) is 6.04 Å². The lowest BCUT2D eigenvalue weighted by atomic mass is 9.81. The fraction of sp³-hybridized carbons (Fsp3) is 0.600. The molecule has 1 aromatic carbocycles. The molecule has 0 heterocycles. The topological polar surface area (TPSA) is 38.0 Å². The zero-order chi connectivity index (χ0) is 12.1. The van der Waals surface area contributed by atoms with Crippen LogP contribution >= 0.6 is 0 Å². The molecule has 0 saturated heterocycles. The molecule has 3 N–H and O–H groups in total. The third kappa shape index (κ3) is 3.08. The average Bonchev–Trinajstić information content (AvgIpc) is 2.37. The maximum absolute atomic E-state index is 5.51. The highest BCUT2D eigenvalue weighted by Crippen LogP contribution is 2.36. The molecule has 0 fully saturated rings. The van der Waals surface area contributed by atoms with Gasteiger partial charge in [-0.2, -0.15) is 0 Å². The molecule has 0 radical (unpaired) electrons. The minimum Gasteiger partial charge on any atom is -0.330 e. The van der Waals surface area contributed by atoms with E-state index < -0.39 is 0 Å². The van der Waals surface area contributed by atoms with Crippen molar-refractivity contribution in [1.29, 1.82) is 0 Å². The van der Waals surface area contributed by atoms with Crippen LogP contribution in [0, 0.1) is 0 Å². The summed E-state index contributed by atoms with van der Waals surface area (Å²) in [6, 6.07) is 9.44. The van der Waals surface area contributed by atoms with Gasteiger partial charge >= 0.3 is 0 Å². The molecule has 17 heavy (non-hydrogen) atoms. The number of hydrogen-bond donors (Lipinski definition) is 2. The van der Waals surface area contributed by atoms with Gasteiger partial charge in [0.15, 0.2) is 0 Å². The largest absolute Gasteiger partial charge is 0.330 e. The van der Waals surface area contributed by atoms with Crippen LogP contribution in [0.25, 0.3) is 0 Å². The van der Waals surface area contributed by atoms with E-state index in [0.717, 1.165) is 19.5 Å². The van der Waals surface area contributed by atoms with E-state index in [9.17, 15) is 0 Å². The van der Waals surface area contributed by atoms with Gasteiger partial charge in [-0.3, -0.25) is 0 Å². The first-order valence-corrected chi connectivity index (χ1v) is 6.85. The Morgan fingerprint density at radius 1 is 1.18 bits per heavy atom. The fourth-order valence-corrected chi connectivity index (χ4v) is 2.76. The van der Waals surface area contributed by atoms with Gasteiger partial charge in [0.25, 0.3) is 0 Å². The van der Waals surface area contributed by atoms with Gasteiger partial charge in [0.2, 0.25) is 0 Å². The minimum atomic E-state index is 0.556. The second-order valence-corrected chi connectivity index (χ2v) is 5.11. The van der Waals surface area contributed by atoms with E-state index in [4.69, 9.17) is 5.73 Å². The lowest BCUT2D eigenvalue weighted by Gasteiger charge is -2.30. The molecule has 0 bridgehead atoms. The third-order valence-corrected chi connectivity index (χ3v) is 3.81. The monoisotopic (exact) mass is 232 g/mol. The van der Waals surface area contributed by atoms with E-state index in [1.807, 2.05) is 0 Å². The second kappa shape index (κ2) is 6.18. The second-order valence-electron chi connectivity index (χ2n) is 5.11. The summed E-state index contributed by atoms with van der Waals surface area (Å²) >= 11 is 0. The normalized spacial score (nSPS) is 23.4. The molecule has 1 aliphatic rings. The Balaban J connectivity index is 1.98. The van der Waals surface area contributed by atoms with Crippen LogP contribution in [-0.4, -0.2) is 13.1 Å². The fourth-order valence-electron chi connectivity index (χ4n) is 2.76. The highest BCUT2D eigenvalue weighted by atomic mass is 14.9. The van der Waals surface area contributed by atoms with E-state index in [2.05, 4.69) is 36.5 Å². The van der Waals surface area contributed by atoms with Crippen LogP contribution in [0.15, 0.2) is 24.3 Å². The molecule has 1 aromatic rings. The first-order chi connectivity index (χ1) is 8.33. The van der Waals surface area contributed by atoms with Crippen LogP contribution in [0.1, 0.15) is 55.7 Å². The first kappa shape index (κ1) is 12.6. The summed E-state index contributed by atoms with van der Waals surface area (Å²) in [5, 5.41) is 3.68. The number of nitrogens with one attached hydrogen (secondary N) is 1. The van der Waals surface area contributed by atoms with Gasteiger partial charge in [-0.25, -0.2) is 0 Å². The van der Waals surface area contributed by atoms with Gasteiger partial charge in [0.1, 0.15) is 0 Å². The van der Waals surface area contributed by atoms with E-state index in [1.54, 1.807) is 0 Å². The van der Waals surface area contributed by atoms with Crippen molar-refractivity contribution >= 4 is 0 Å². The van der Waals surface area contributed by atoms with E-state index >= 15 is 0 Å². The number of hydrogen-bond acceptors (Lipinski definition) is 2. The predicted molar refractivity (Wildman–Crippen MR) is 73.1 cm³/mol. The Labute approximate surface area is 105 Å². The smallest absolute Gasteiger partial charge is 0.0323 e. The number of unbranched alkanes of at least 4 members (excludes halogenated alkanes) is 1. The third-order valence-electron chi connectivity index (χ3n) is 3.81. The SMILES string of the molecule is CC1CCC(NCCCCN)c2ccccc21. The van der Waals surface area contributed by atoms with Crippen molar-refractivity contribution in [3.05, 3.63) is 35.4 Å². The number of nitrogens with two attached hydrogens (primary N) is 1. The maximum Gasteiger partial charge on any atom is 0.0323 e. The summed E-state index contributed by atoms with van der Waals surface area (Å²) in [5.41, 5.74) is 8.56. The molecule has 0 amide bonds. The van der Waals surface area contributed by atoms with E-state index in [0.29, 0.717) is 12.0 Å². The Morgan fingerprint density at radius 3 is 2.71 bits per heavy atom. The number of benzene rings is 1. The van der Waals surface area contributed by atoms with Gasteiger partial charge in [0.05, 0.1) is 0 Å². The van der Waals surface area contributed by atoms with Crippen molar-refractivity contribution in [1.82, 2.24) is 5.32 Å². The van der Waals surface area contributed by atoms with Crippen molar-refractivity contribution in [2.75, 3.05) is 13.1 Å². The quantitative estimate of drug-likeness (QED) is 0.766. The summed E-state index contributed by atoms with van der Waals surface area (Å²) in [6.07, 6.45) is 4.87. The summed E-state index contributed by atoms with van der Waals surface area (Å²) < 4.78 is 0. The molecular weight excluding hydrogens is 208 g/mol. The average molecular weight is 232 g/mol. The highest BCUT2D eigenvalue weighted by Gasteiger charge is 2.23. The van der Waals surface area contributed by atoms with Crippen molar-refractivity contribution in [2.24, 2.45) is 5.73 Å². The Kier molecular flexibility index (Phi) is 4.57. The van der Waals surface area contributed by atoms with Crippen molar-refractivity contribution in [2.45, 2.75) is 44.6 Å². The molecule has 0 aliphatic heterocycles. The van der Waals surface area contributed by atoms with Crippen LogP contribution in [0.3, 0.4) is 0 Å². The molecule has 2 atom stereocenters. The summed E-state index contributed by atoms with van der Waals surface area (Å²) in [4.78, 5) is 0. The zero-order valence-corrected chi connectivity index (χ0v) is 10.8. The van der Waals surface area contributed by atoms with Crippen LogP contribution < -0.4 is 11.1 Å². The number of rotatable bonds is 5. The molecule has 2 nitrogen and oxygen atoms in total. The molecular formula is C15H24N2. The standard InChI is InChI=1S/C15H24N2/c1-12-8-9-15(17-11-5-4-10-16)14-7-3-2-6-13(12)14/h2-3,6-7,12,15,17H,4-5,8-11,16H2,1H3. The summed E-state index contributed by atoms with van der Waals surface area (Å²) in [6.45, 7) is 4.23. The molecule has 2 heteroatoms. The maximum atomic E-state index is 5.51. The molecule has 94 valence electrons. The Morgan fingerprint density at radius 2 is 1.94 bits per heavy atom. The van der Waals surface area contributed by atoms with Crippen molar-refractivity contribution in [3.8, 4) is 0 Å². The lowest BCUT2D eigenvalue weighted by Crippen LogP contribution is -2.27. The van der Waals surface area contributed by atoms with Crippen molar-refractivity contribution in [3.63, 3.8) is 0 Å². The summed E-state index contributed by atoms with van der Waals surface area (Å²) in [5.74, 6) is 0.716. The number of fused-ring (bicyclic) bond motifs is 1. The van der Waals surface area contributed by atoms with E-state index in [1.165, 1.54) is 30.4 Å². The lowest BCUT2D eigenvalue weighted by molar-refractivity contribution is 0.427. The molecule has 0 saturated carbocycles. The molecule has 0 spiro atoms. The van der Waals surface area contributed by atoms with Gasteiger partial charge in [-0.15, -0.1) is 0 Å². The zero-order valence-electron chi connectivity index (χ0n) is 10.8. The van der Waals surface area contributed by atoms with Crippen LogP contribution in [-0.2, 0) is 0 Å². The highest BCUT2D eigenvalue weighted by molar-refractivity contribution is 5.34. The van der Waals surface area contributed by atoms with Crippen LogP contribution in [0.5, 0.6) is 0 Å². The van der Waals surface area contributed by atoms with Gasteiger partial charge in [-0.1, -0.05) is 31.2 Å². The van der Waals surface area contributed by atoms with Crippen LogP contribution in [0.2, 0.25) is 0 Å². The predicted octanol–water partition coefficient (Wildman–Crippen LogP) is 2.95. The molecule has 1 aliphatic carbocycles. The minimum absolute atomic E-state index is 0.556. The van der Waals surface area contributed by atoms with Crippen LogP contribution in [0.4, 0.5) is 0 Å². The molecule has 0 aromatic heterocycles.